The zero-order valence-electron chi connectivity index (χ0n) is 15.1. The summed E-state index contributed by atoms with van der Waals surface area (Å²) in [5.74, 6) is 2.14. The van der Waals surface area contributed by atoms with Gasteiger partial charge in [0.2, 0.25) is 5.89 Å². The van der Waals surface area contributed by atoms with Gasteiger partial charge in [0.25, 0.3) is 0 Å². The van der Waals surface area contributed by atoms with Gasteiger partial charge in [-0.25, -0.2) is 0 Å². The molecule has 0 atom stereocenters. The molecule has 0 radical (unpaired) electrons. The third-order valence-electron chi connectivity index (χ3n) is 4.38. The lowest BCUT2D eigenvalue weighted by Crippen LogP contribution is -2.39. The molecule has 0 spiro atoms. The van der Waals surface area contributed by atoms with E-state index in [1.807, 2.05) is 6.92 Å². The number of aryl methyl sites for hydroxylation is 1. The van der Waals surface area contributed by atoms with Gasteiger partial charge in [0.1, 0.15) is 0 Å². The Labute approximate surface area is 179 Å². The van der Waals surface area contributed by atoms with Crippen molar-refractivity contribution in [3.05, 3.63) is 46.0 Å². The van der Waals surface area contributed by atoms with E-state index in [2.05, 4.69) is 67.9 Å². The Morgan fingerprint density at radius 1 is 1.31 bits per heavy atom. The predicted molar refractivity (Wildman–Crippen MR) is 117 cm³/mol. The Kier molecular flexibility index (Phi) is 7.87. The number of aromatic nitrogens is 2. The number of hydrogen-bond donors (Lipinski definition) is 2. The van der Waals surface area contributed by atoms with Crippen LogP contribution in [0.3, 0.4) is 0 Å². The van der Waals surface area contributed by atoms with Crippen molar-refractivity contribution in [3.63, 3.8) is 0 Å². The molecule has 0 amide bonds. The number of nitrogens with one attached hydrogen (secondary N) is 2. The van der Waals surface area contributed by atoms with E-state index in [4.69, 9.17) is 9.52 Å². The average Bonchev–Trinajstić information content (AvgIpc) is 3.28. The second-order valence-electron chi connectivity index (χ2n) is 6.37. The molecule has 2 N–H and O–H groups in total. The van der Waals surface area contributed by atoms with Gasteiger partial charge >= 0.3 is 0 Å². The van der Waals surface area contributed by atoms with E-state index in [9.17, 15) is 0 Å². The zero-order valence-corrected chi connectivity index (χ0v) is 19.0. The van der Waals surface area contributed by atoms with Gasteiger partial charge in [0.15, 0.2) is 11.8 Å². The molecule has 6 nitrogen and oxygen atoms in total. The molecular weight excluding hydrogens is 509 g/mol. The zero-order chi connectivity index (χ0) is 17.7. The van der Waals surface area contributed by atoms with E-state index in [1.165, 1.54) is 22.9 Å². The summed E-state index contributed by atoms with van der Waals surface area (Å²) in [6.45, 7) is 6.20. The van der Waals surface area contributed by atoms with Crippen LogP contribution in [-0.4, -0.2) is 35.7 Å². The maximum Gasteiger partial charge on any atom is 0.228 e. The van der Waals surface area contributed by atoms with Crippen LogP contribution in [0.4, 0.5) is 0 Å². The van der Waals surface area contributed by atoms with Crippen LogP contribution in [0.25, 0.3) is 0 Å². The van der Waals surface area contributed by atoms with Crippen LogP contribution >= 0.6 is 39.9 Å². The maximum absolute atomic E-state index is 5.13. The molecule has 1 aliphatic carbocycles. The fourth-order valence-corrected chi connectivity index (χ4v) is 3.56. The first-order valence-corrected chi connectivity index (χ1v) is 9.49. The third kappa shape index (κ3) is 5.42. The maximum atomic E-state index is 5.13. The molecule has 1 aromatic carbocycles. The van der Waals surface area contributed by atoms with Crippen molar-refractivity contribution in [2.24, 2.45) is 4.99 Å². The fraction of sp³-hybridized carbons (Fsp3) is 0.500. The van der Waals surface area contributed by atoms with Crippen molar-refractivity contribution in [2.75, 3.05) is 19.6 Å². The highest BCUT2D eigenvalue weighted by molar-refractivity contribution is 14.0. The standard InChI is InChI=1S/C18H24BrN5O.HI/c1-3-20-17(21-11-8-16-23-13(2)24-25-16)22-12-18(9-10-18)14-6-4-5-7-15(14)19;/h4-7H,3,8-12H2,1-2H3,(H2,20,21,22);1H. The molecule has 0 bridgehead atoms. The summed E-state index contributed by atoms with van der Waals surface area (Å²) >= 11 is 3.68. The number of guanidine groups is 1. The summed E-state index contributed by atoms with van der Waals surface area (Å²) < 4.78 is 6.31. The second-order valence-corrected chi connectivity index (χ2v) is 7.22. The van der Waals surface area contributed by atoms with Gasteiger partial charge in [-0.1, -0.05) is 39.3 Å². The first kappa shape index (κ1) is 21.1. The molecule has 3 rings (SSSR count). The highest BCUT2D eigenvalue weighted by Crippen LogP contribution is 2.50. The van der Waals surface area contributed by atoms with Crippen LogP contribution in [0.5, 0.6) is 0 Å². The summed E-state index contributed by atoms with van der Waals surface area (Å²) in [6, 6.07) is 8.46. The number of hydrogen-bond acceptors (Lipinski definition) is 4. The van der Waals surface area contributed by atoms with E-state index in [1.54, 1.807) is 0 Å². The molecule has 1 heterocycles. The molecule has 1 aromatic heterocycles. The van der Waals surface area contributed by atoms with E-state index in [0.717, 1.165) is 19.0 Å². The number of halogens is 2. The van der Waals surface area contributed by atoms with Gasteiger partial charge in [-0.3, -0.25) is 4.99 Å². The Bertz CT molecular complexity index is 745. The lowest BCUT2D eigenvalue weighted by atomic mass is 9.96. The lowest BCUT2D eigenvalue weighted by Gasteiger charge is -2.17. The van der Waals surface area contributed by atoms with Crippen LogP contribution in [0.15, 0.2) is 38.3 Å². The monoisotopic (exact) mass is 533 g/mol. The van der Waals surface area contributed by atoms with Crippen molar-refractivity contribution in [3.8, 4) is 0 Å². The quantitative estimate of drug-likeness (QED) is 0.323. The van der Waals surface area contributed by atoms with Gasteiger partial charge in [-0.2, -0.15) is 4.98 Å². The Morgan fingerprint density at radius 3 is 2.69 bits per heavy atom. The van der Waals surface area contributed by atoms with Gasteiger partial charge in [-0.05, 0) is 38.3 Å². The number of nitrogens with zero attached hydrogens (tertiary/aromatic N) is 3. The Morgan fingerprint density at radius 2 is 2.08 bits per heavy atom. The van der Waals surface area contributed by atoms with Gasteiger partial charge in [-0.15, -0.1) is 24.0 Å². The normalized spacial score (nSPS) is 15.3. The van der Waals surface area contributed by atoms with E-state index < -0.39 is 0 Å². The Balaban J connectivity index is 0.00000243. The molecule has 0 aliphatic heterocycles. The van der Waals surface area contributed by atoms with E-state index in [-0.39, 0.29) is 29.4 Å². The first-order valence-electron chi connectivity index (χ1n) is 8.69. The molecule has 0 unspecified atom stereocenters. The lowest BCUT2D eigenvalue weighted by molar-refractivity contribution is 0.374. The van der Waals surface area contributed by atoms with Crippen LogP contribution < -0.4 is 10.6 Å². The molecule has 2 aromatic rings. The minimum Gasteiger partial charge on any atom is -0.357 e. The largest absolute Gasteiger partial charge is 0.357 e. The van der Waals surface area contributed by atoms with E-state index >= 15 is 0 Å². The Hall–Kier alpha value is -1.16. The van der Waals surface area contributed by atoms with Crippen LogP contribution in [0, 0.1) is 6.92 Å². The molecule has 26 heavy (non-hydrogen) atoms. The van der Waals surface area contributed by atoms with Gasteiger partial charge < -0.3 is 15.2 Å². The minimum atomic E-state index is 0. The molecule has 8 heteroatoms. The van der Waals surface area contributed by atoms with Gasteiger partial charge in [0, 0.05) is 29.4 Å². The first-order chi connectivity index (χ1) is 12.1. The summed E-state index contributed by atoms with van der Waals surface area (Å²) in [5.41, 5.74) is 1.53. The van der Waals surface area contributed by atoms with Crippen molar-refractivity contribution in [1.29, 1.82) is 0 Å². The SMILES string of the molecule is CCNC(=NCC1(c2ccccc2Br)CC1)NCCc1nc(C)no1.I. The fourth-order valence-electron chi connectivity index (χ4n) is 2.86. The average molecular weight is 534 g/mol. The second kappa shape index (κ2) is 9.68. The molecule has 1 aliphatic rings. The van der Waals surface area contributed by atoms with Crippen molar-refractivity contribution in [1.82, 2.24) is 20.8 Å². The van der Waals surface area contributed by atoms with Crippen LogP contribution in [-0.2, 0) is 11.8 Å². The number of aliphatic imine (C=N–C) groups is 1. The van der Waals surface area contributed by atoms with Crippen molar-refractivity contribution >= 4 is 45.9 Å². The highest BCUT2D eigenvalue weighted by Gasteiger charge is 2.45. The molecule has 0 saturated heterocycles. The summed E-state index contributed by atoms with van der Waals surface area (Å²) in [7, 11) is 0. The third-order valence-corrected chi connectivity index (χ3v) is 5.08. The smallest absolute Gasteiger partial charge is 0.228 e. The summed E-state index contributed by atoms with van der Waals surface area (Å²) in [6.07, 6.45) is 3.04. The molecule has 1 fully saturated rings. The topological polar surface area (TPSA) is 75.3 Å². The van der Waals surface area contributed by atoms with Crippen molar-refractivity contribution in [2.45, 2.75) is 38.5 Å². The predicted octanol–water partition coefficient (Wildman–Crippen LogP) is 3.59. The van der Waals surface area contributed by atoms with Crippen molar-refractivity contribution < 1.29 is 4.52 Å². The summed E-state index contributed by atoms with van der Waals surface area (Å²) in [4.78, 5) is 9.02. The van der Waals surface area contributed by atoms with Crippen LogP contribution in [0.1, 0.15) is 37.0 Å². The number of benzene rings is 1. The number of rotatable bonds is 7. The highest BCUT2D eigenvalue weighted by atomic mass is 127. The van der Waals surface area contributed by atoms with Gasteiger partial charge in [0.05, 0.1) is 6.54 Å². The molecular formula is C18H25BrIN5O. The molecule has 142 valence electrons. The molecule has 1 saturated carbocycles. The van der Waals surface area contributed by atoms with Crippen LogP contribution in [0.2, 0.25) is 0 Å². The van der Waals surface area contributed by atoms with E-state index in [0.29, 0.717) is 24.7 Å². The summed E-state index contributed by atoms with van der Waals surface area (Å²) in [5, 5.41) is 10.5. The minimum absolute atomic E-state index is 0.